The topological polar surface area (TPSA) is 68.7 Å². The largest absolute Gasteiger partial charge is 0.465 e. The molecule has 1 fully saturated rings. The molecule has 7 heteroatoms. The zero-order chi connectivity index (χ0) is 13.8. The van der Waals surface area contributed by atoms with Crippen LogP contribution in [0.2, 0.25) is 5.15 Å². The normalized spacial score (nSPS) is 15.2. The molecule has 1 aromatic heterocycles. The molecule has 102 valence electrons. The number of morpholine rings is 1. The van der Waals surface area contributed by atoms with Gasteiger partial charge in [0.05, 0.1) is 31.5 Å². The van der Waals surface area contributed by atoms with Crippen molar-refractivity contribution in [2.24, 2.45) is 0 Å². The van der Waals surface area contributed by atoms with E-state index >= 15 is 0 Å². The van der Waals surface area contributed by atoms with Crippen LogP contribution in [0.15, 0.2) is 12.3 Å². The standard InChI is InChI=1S/C12H13ClN2O4/c1-18-12(17)9-6-8(7-14-10(9)13)11(16)15-2-4-19-5-3-15/h6-7H,2-5H2,1H3. The van der Waals surface area contributed by atoms with Crippen molar-refractivity contribution in [2.75, 3.05) is 33.4 Å². The van der Waals surface area contributed by atoms with Crippen molar-refractivity contribution >= 4 is 23.5 Å². The Kier molecular flexibility index (Phi) is 4.34. The van der Waals surface area contributed by atoms with Crippen molar-refractivity contribution in [1.82, 2.24) is 9.88 Å². The van der Waals surface area contributed by atoms with E-state index in [4.69, 9.17) is 16.3 Å². The monoisotopic (exact) mass is 284 g/mol. The van der Waals surface area contributed by atoms with Crippen molar-refractivity contribution in [1.29, 1.82) is 0 Å². The van der Waals surface area contributed by atoms with E-state index in [1.165, 1.54) is 19.4 Å². The van der Waals surface area contributed by atoms with E-state index in [9.17, 15) is 9.59 Å². The van der Waals surface area contributed by atoms with Gasteiger partial charge in [0.1, 0.15) is 5.15 Å². The van der Waals surface area contributed by atoms with Gasteiger partial charge < -0.3 is 14.4 Å². The Hall–Kier alpha value is -1.66. The second kappa shape index (κ2) is 5.99. The minimum absolute atomic E-state index is 0.0189. The number of ether oxygens (including phenoxy) is 2. The lowest BCUT2D eigenvalue weighted by atomic mass is 10.2. The molecule has 2 rings (SSSR count). The lowest BCUT2D eigenvalue weighted by molar-refractivity contribution is 0.0302. The number of carbonyl (C=O) groups excluding carboxylic acids is 2. The number of hydrogen-bond donors (Lipinski definition) is 0. The van der Waals surface area contributed by atoms with Gasteiger partial charge in [-0.25, -0.2) is 9.78 Å². The Morgan fingerprint density at radius 1 is 1.42 bits per heavy atom. The smallest absolute Gasteiger partial charge is 0.341 e. The maximum absolute atomic E-state index is 12.2. The zero-order valence-electron chi connectivity index (χ0n) is 10.4. The highest BCUT2D eigenvalue weighted by molar-refractivity contribution is 6.32. The van der Waals surface area contributed by atoms with E-state index in [1.807, 2.05) is 0 Å². The highest BCUT2D eigenvalue weighted by Gasteiger charge is 2.21. The predicted molar refractivity (Wildman–Crippen MR) is 67.3 cm³/mol. The van der Waals surface area contributed by atoms with Gasteiger partial charge in [0.2, 0.25) is 0 Å². The number of methoxy groups -OCH3 is 1. The second-order valence-corrected chi connectivity index (χ2v) is 4.32. The van der Waals surface area contributed by atoms with Gasteiger partial charge in [-0.3, -0.25) is 4.79 Å². The van der Waals surface area contributed by atoms with Crippen LogP contribution < -0.4 is 0 Å². The Balaban J connectivity index is 2.24. The number of esters is 1. The van der Waals surface area contributed by atoms with Crippen molar-refractivity contribution in [3.63, 3.8) is 0 Å². The summed E-state index contributed by atoms with van der Waals surface area (Å²) >= 11 is 5.80. The summed E-state index contributed by atoms with van der Waals surface area (Å²) in [4.78, 5) is 29.2. The highest BCUT2D eigenvalue weighted by atomic mass is 35.5. The summed E-state index contributed by atoms with van der Waals surface area (Å²) in [6, 6.07) is 1.40. The molecule has 0 atom stereocenters. The van der Waals surface area contributed by atoms with E-state index < -0.39 is 5.97 Å². The number of halogens is 1. The van der Waals surface area contributed by atoms with Gasteiger partial charge in [-0.1, -0.05) is 11.6 Å². The van der Waals surface area contributed by atoms with Crippen molar-refractivity contribution in [3.05, 3.63) is 28.5 Å². The average Bonchev–Trinajstić information content (AvgIpc) is 2.47. The van der Waals surface area contributed by atoms with E-state index in [2.05, 4.69) is 9.72 Å². The van der Waals surface area contributed by atoms with Crippen LogP contribution >= 0.6 is 11.6 Å². The molecule has 0 saturated carbocycles. The van der Waals surface area contributed by atoms with Crippen LogP contribution in [-0.2, 0) is 9.47 Å². The molecule has 0 unspecified atom stereocenters. The molecule has 19 heavy (non-hydrogen) atoms. The third-order valence-electron chi connectivity index (χ3n) is 2.79. The first kappa shape index (κ1) is 13.8. The number of aromatic nitrogens is 1. The first-order valence-corrected chi connectivity index (χ1v) is 6.12. The fraction of sp³-hybridized carbons (Fsp3) is 0.417. The zero-order valence-corrected chi connectivity index (χ0v) is 11.1. The lowest BCUT2D eigenvalue weighted by Gasteiger charge is -2.26. The SMILES string of the molecule is COC(=O)c1cc(C(=O)N2CCOCC2)cnc1Cl. The number of carbonyl (C=O) groups is 2. The lowest BCUT2D eigenvalue weighted by Crippen LogP contribution is -2.40. The van der Waals surface area contributed by atoms with Crippen LogP contribution in [0.5, 0.6) is 0 Å². The Morgan fingerprint density at radius 3 is 2.74 bits per heavy atom. The quantitative estimate of drug-likeness (QED) is 0.598. The van der Waals surface area contributed by atoms with Gasteiger partial charge in [0.15, 0.2) is 0 Å². The van der Waals surface area contributed by atoms with Crippen LogP contribution in [0.25, 0.3) is 0 Å². The molecule has 1 aliphatic heterocycles. The summed E-state index contributed by atoms with van der Waals surface area (Å²) in [6.07, 6.45) is 1.35. The Labute approximate surface area is 115 Å². The number of nitrogens with zero attached hydrogens (tertiary/aromatic N) is 2. The van der Waals surface area contributed by atoms with Gasteiger partial charge in [-0.2, -0.15) is 0 Å². The second-order valence-electron chi connectivity index (χ2n) is 3.96. The summed E-state index contributed by atoms with van der Waals surface area (Å²) in [5.41, 5.74) is 0.398. The molecule has 1 saturated heterocycles. The minimum atomic E-state index is -0.617. The third kappa shape index (κ3) is 3.02. The molecule has 2 heterocycles. The molecule has 0 radical (unpaired) electrons. The summed E-state index contributed by atoms with van der Waals surface area (Å²) < 4.78 is 9.77. The maximum atomic E-state index is 12.2. The van der Waals surface area contributed by atoms with Gasteiger partial charge >= 0.3 is 5.97 Å². The van der Waals surface area contributed by atoms with Gasteiger partial charge in [-0.05, 0) is 6.07 Å². The minimum Gasteiger partial charge on any atom is -0.465 e. The first-order valence-electron chi connectivity index (χ1n) is 5.74. The molecule has 1 aromatic rings. The van der Waals surface area contributed by atoms with Crippen LogP contribution in [-0.4, -0.2) is 55.2 Å². The van der Waals surface area contributed by atoms with Gasteiger partial charge in [0.25, 0.3) is 5.91 Å². The molecule has 1 amide bonds. The number of rotatable bonds is 2. The van der Waals surface area contributed by atoms with Crippen LogP contribution in [0.4, 0.5) is 0 Å². The van der Waals surface area contributed by atoms with Crippen molar-refractivity contribution in [3.8, 4) is 0 Å². The third-order valence-corrected chi connectivity index (χ3v) is 3.09. The fourth-order valence-corrected chi connectivity index (χ4v) is 1.95. The molecule has 0 N–H and O–H groups in total. The maximum Gasteiger partial charge on any atom is 0.341 e. The molecular weight excluding hydrogens is 272 g/mol. The molecule has 1 aliphatic rings. The molecule has 6 nitrogen and oxygen atoms in total. The summed E-state index contributed by atoms with van der Waals surface area (Å²) in [7, 11) is 1.25. The summed E-state index contributed by atoms with van der Waals surface area (Å²) in [6.45, 7) is 2.07. The van der Waals surface area contributed by atoms with Crippen molar-refractivity contribution in [2.45, 2.75) is 0 Å². The fourth-order valence-electron chi connectivity index (χ4n) is 1.77. The number of hydrogen-bond acceptors (Lipinski definition) is 5. The van der Waals surface area contributed by atoms with Crippen LogP contribution in [0.1, 0.15) is 20.7 Å². The molecule has 0 spiro atoms. The van der Waals surface area contributed by atoms with Gasteiger partial charge in [0, 0.05) is 19.3 Å². The van der Waals surface area contributed by atoms with Crippen LogP contribution in [0, 0.1) is 0 Å². The van der Waals surface area contributed by atoms with Gasteiger partial charge in [-0.15, -0.1) is 0 Å². The molecule has 0 bridgehead atoms. The number of amides is 1. The van der Waals surface area contributed by atoms with E-state index in [0.717, 1.165) is 0 Å². The first-order chi connectivity index (χ1) is 9.13. The average molecular weight is 285 g/mol. The van der Waals surface area contributed by atoms with Crippen molar-refractivity contribution < 1.29 is 19.1 Å². The van der Waals surface area contributed by atoms with E-state index in [-0.39, 0.29) is 16.6 Å². The molecular formula is C12H13ClN2O4. The van der Waals surface area contributed by atoms with E-state index in [0.29, 0.717) is 31.9 Å². The number of pyridine rings is 1. The van der Waals surface area contributed by atoms with Crippen LogP contribution in [0.3, 0.4) is 0 Å². The Bertz CT molecular complexity index is 501. The predicted octanol–water partition coefficient (Wildman–Crippen LogP) is 0.994. The highest BCUT2D eigenvalue weighted by Crippen LogP contribution is 2.17. The summed E-state index contributed by atoms with van der Waals surface area (Å²) in [5, 5.41) is 0.0189. The molecule has 0 aliphatic carbocycles. The molecule has 0 aromatic carbocycles. The Morgan fingerprint density at radius 2 is 2.11 bits per heavy atom. The summed E-state index contributed by atoms with van der Waals surface area (Å²) in [5.74, 6) is -0.813. The van der Waals surface area contributed by atoms with E-state index in [1.54, 1.807) is 4.90 Å².